The normalized spacial score (nSPS) is 18.8. The van der Waals surface area contributed by atoms with Crippen molar-refractivity contribution in [2.75, 3.05) is 13.2 Å². The Morgan fingerprint density at radius 1 is 0.434 bits per heavy atom. The van der Waals surface area contributed by atoms with Gasteiger partial charge in [-0.15, -0.1) is 0 Å². The molecule has 1 amide bonds. The van der Waals surface area contributed by atoms with Crippen molar-refractivity contribution >= 4 is 5.91 Å². The molecular formula is C67H131NO8. The predicted octanol–water partition coefficient (Wildman–Crippen LogP) is 17.9. The minimum atomic E-state index is -1.55. The first-order valence-corrected chi connectivity index (χ1v) is 33.9. The molecule has 9 nitrogen and oxygen atoms in total. The minimum absolute atomic E-state index is 0.133. The summed E-state index contributed by atoms with van der Waals surface area (Å²) in [6.07, 6.45) is 65.6. The Morgan fingerprint density at radius 3 is 1.07 bits per heavy atom. The molecular weight excluding hydrogens is 947 g/mol. The van der Waals surface area contributed by atoms with Crippen LogP contribution in [0.5, 0.6) is 0 Å². The molecule has 7 unspecified atom stereocenters. The summed E-state index contributed by atoms with van der Waals surface area (Å²) >= 11 is 0. The van der Waals surface area contributed by atoms with Gasteiger partial charge in [-0.05, 0) is 38.5 Å². The van der Waals surface area contributed by atoms with Gasteiger partial charge in [-0.3, -0.25) is 4.79 Å². The number of rotatable bonds is 60. The minimum Gasteiger partial charge on any atom is -0.394 e. The number of unbranched alkanes of at least 4 members (excludes halogenated alkanes) is 48. The Hall–Kier alpha value is -1.07. The highest BCUT2D eigenvalue weighted by atomic mass is 16.7. The highest BCUT2D eigenvalue weighted by molar-refractivity contribution is 5.76. The van der Waals surface area contributed by atoms with E-state index in [0.717, 1.165) is 38.5 Å². The maximum atomic E-state index is 13.1. The summed E-state index contributed by atoms with van der Waals surface area (Å²) in [5.74, 6) is -0.137. The average Bonchev–Trinajstić information content (AvgIpc) is 3.42. The lowest BCUT2D eigenvalue weighted by Gasteiger charge is -2.40. The van der Waals surface area contributed by atoms with Crippen molar-refractivity contribution in [2.45, 2.75) is 397 Å². The van der Waals surface area contributed by atoms with E-state index in [1.807, 2.05) is 0 Å². The second kappa shape index (κ2) is 57.2. The molecule has 0 saturated carbocycles. The van der Waals surface area contributed by atoms with Crippen molar-refractivity contribution in [3.05, 3.63) is 12.2 Å². The fraction of sp³-hybridized carbons (Fsp3) is 0.955. The van der Waals surface area contributed by atoms with Crippen LogP contribution < -0.4 is 5.32 Å². The SMILES string of the molecule is CCCCCCCCCC/C=C\CCCCCCCCCCCCCCCC(=O)NC(COC1OC(CO)C(O)C(O)C1O)C(O)CCCCCCCCCCCCCCCCCCCCCCCCCCCCCC. The van der Waals surface area contributed by atoms with Gasteiger partial charge < -0.3 is 40.3 Å². The molecule has 0 spiro atoms. The summed E-state index contributed by atoms with van der Waals surface area (Å²) < 4.78 is 11.4. The van der Waals surface area contributed by atoms with Crippen molar-refractivity contribution in [3.63, 3.8) is 0 Å². The van der Waals surface area contributed by atoms with Gasteiger partial charge in [0.15, 0.2) is 6.29 Å². The molecule has 452 valence electrons. The lowest BCUT2D eigenvalue weighted by atomic mass is 9.99. The van der Waals surface area contributed by atoms with Gasteiger partial charge in [0, 0.05) is 6.42 Å². The Morgan fingerprint density at radius 2 is 0.737 bits per heavy atom. The zero-order valence-corrected chi connectivity index (χ0v) is 50.5. The molecule has 0 aromatic rings. The zero-order chi connectivity index (χ0) is 55.0. The zero-order valence-electron chi connectivity index (χ0n) is 50.5. The second-order valence-corrected chi connectivity index (χ2v) is 24.0. The highest BCUT2D eigenvalue weighted by Crippen LogP contribution is 2.24. The van der Waals surface area contributed by atoms with E-state index in [0.29, 0.717) is 12.8 Å². The first-order chi connectivity index (χ1) is 37.3. The Kier molecular flexibility index (Phi) is 54.9. The molecule has 1 aliphatic heterocycles. The van der Waals surface area contributed by atoms with Crippen LogP contribution >= 0.6 is 0 Å². The van der Waals surface area contributed by atoms with Gasteiger partial charge in [-0.2, -0.15) is 0 Å². The van der Waals surface area contributed by atoms with Crippen LogP contribution in [-0.2, 0) is 14.3 Å². The van der Waals surface area contributed by atoms with Crippen LogP contribution in [-0.4, -0.2) is 87.5 Å². The molecule has 7 atom stereocenters. The van der Waals surface area contributed by atoms with E-state index in [1.165, 1.54) is 289 Å². The Balaban J connectivity index is 2.12. The largest absolute Gasteiger partial charge is 0.394 e. The number of carbonyl (C=O) groups excluding carboxylic acids is 1. The van der Waals surface area contributed by atoms with Crippen molar-refractivity contribution in [1.29, 1.82) is 0 Å². The number of amides is 1. The van der Waals surface area contributed by atoms with Crippen LogP contribution in [0.1, 0.15) is 354 Å². The number of aliphatic hydroxyl groups excluding tert-OH is 5. The molecule has 9 heteroatoms. The van der Waals surface area contributed by atoms with Gasteiger partial charge in [-0.25, -0.2) is 0 Å². The van der Waals surface area contributed by atoms with E-state index in [1.54, 1.807) is 0 Å². The molecule has 76 heavy (non-hydrogen) atoms. The van der Waals surface area contributed by atoms with Gasteiger partial charge >= 0.3 is 0 Å². The molecule has 0 radical (unpaired) electrons. The second-order valence-electron chi connectivity index (χ2n) is 24.0. The Bertz CT molecular complexity index is 1200. The molecule has 1 heterocycles. The summed E-state index contributed by atoms with van der Waals surface area (Å²) in [6.45, 7) is 3.90. The van der Waals surface area contributed by atoms with Gasteiger partial charge in [0.05, 0.1) is 25.4 Å². The van der Waals surface area contributed by atoms with Crippen LogP contribution in [0.3, 0.4) is 0 Å². The third-order valence-corrected chi connectivity index (χ3v) is 16.6. The summed E-state index contributed by atoms with van der Waals surface area (Å²) in [6, 6.07) is -0.717. The Labute approximate surface area is 471 Å². The van der Waals surface area contributed by atoms with E-state index in [-0.39, 0.29) is 12.5 Å². The average molecular weight is 1080 g/mol. The van der Waals surface area contributed by atoms with E-state index in [4.69, 9.17) is 9.47 Å². The molecule has 1 rings (SSSR count). The maximum absolute atomic E-state index is 13.1. The highest BCUT2D eigenvalue weighted by Gasteiger charge is 2.44. The fourth-order valence-electron chi connectivity index (χ4n) is 11.3. The lowest BCUT2D eigenvalue weighted by Crippen LogP contribution is -2.60. The molecule has 0 bridgehead atoms. The number of carbonyl (C=O) groups is 1. The molecule has 1 aliphatic rings. The summed E-state index contributed by atoms with van der Waals surface area (Å²) in [7, 11) is 0. The predicted molar refractivity (Wildman–Crippen MR) is 323 cm³/mol. The van der Waals surface area contributed by atoms with Crippen molar-refractivity contribution in [2.24, 2.45) is 0 Å². The quantitative estimate of drug-likeness (QED) is 0.0261. The summed E-state index contributed by atoms with van der Waals surface area (Å²) in [4.78, 5) is 13.1. The molecule has 1 saturated heterocycles. The van der Waals surface area contributed by atoms with Crippen molar-refractivity contribution < 1.29 is 39.8 Å². The van der Waals surface area contributed by atoms with E-state index < -0.39 is 49.5 Å². The van der Waals surface area contributed by atoms with E-state index in [2.05, 4.69) is 31.3 Å². The summed E-state index contributed by atoms with van der Waals surface area (Å²) in [5.41, 5.74) is 0. The van der Waals surface area contributed by atoms with Crippen LogP contribution in [0.4, 0.5) is 0 Å². The van der Waals surface area contributed by atoms with Crippen molar-refractivity contribution in [1.82, 2.24) is 5.32 Å². The number of hydrogen-bond acceptors (Lipinski definition) is 8. The monoisotopic (exact) mass is 1080 g/mol. The molecule has 1 fully saturated rings. The van der Waals surface area contributed by atoms with E-state index in [9.17, 15) is 30.3 Å². The topological polar surface area (TPSA) is 149 Å². The first kappa shape index (κ1) is 72.9. The molecule has 0 aliphatic carbocycles. The molecule has 6 N–H and O–H groups in total. The number of aliphatic hydroxyl groups is 5. The summed E-state index contributed by atoms with van der Waals surface area (Å²) in [5, 5.41) is 54.9. The first-order valence-electron chi connectivity index (χ1n) is 33.9. The van der Waals surface area contributed by atoms with Gasteiger partial charge in [0.2, 0.25) is 5.91 Å². The van der Waals surface area contributed by atoms with Crippen LogP contribution in [0.25, 0.3) is 0 Å². The lowest BCUT2D eigenvalue weighted by molar-refractivity contribution is -0.302. The van der Waals surface area contributed by atoms with Gasteiger partial charge in [0.1, 0.15) is 24.4 Å². The molecule has 0 aromatic heterocycles. The van der Waals surface area contributed by atoms with Gasteiger partial charge in [-0.1, -0.05) is 321 Å². The standard InChI is InChI=1S/C67H131NO8/c1-3-5-7-9-11-13-15-17-19-21-23-25-27-29-30-31-33-34-36-38-40-42-44-46-48-50-52-54-56-61(70)60(59-75-67-66(74)65(73)64(72)62(58-69)76-67)68-63(71)57-55-53-51-49-47-45-43-41-39-37-35-32-28-26-24-22-20-18-16-14-12-10-8-6-4-2/h22,24,60-62,64-67,69-70,72-74H,3-21,23,25-59H2,1-2H3,(H,68,71)/b24-22-. The number of allylic oxidation sites excluding steroid dienone is 2. The van der Waals surface area contributed by atoms with Gasteiger partial charge in [0.25, 0.3) is 0 Å². The smallest absolute Gasteiger partial charge is 0.220 e. The number of ether oxygens (including phenoxy) is 2. The third-order valence-electron chi connectivity index (χ3n) is 16.6. The molecule has 0 aromatic carbocycles. The maximum Gasteiger partial charge on any atom is 0.220 e. The van der Waals surface area contributed by atoms with Crippen LogP contribution in [0, 0.1) is 0 Å². The van der Waals surface area contributed by atoms with Crippen LogP contribution in [0.2, 0.25) is 0 Å². The van der Waals surface area contributed by atoms with Crippen molar-refractivity contribution in [3.8, 4) is 0 Å². The van der Waals surface area contributed by atoms with Crippen LogP contribution in [0.15, 0.2) is 12.2 Å². The van der Waals surface area contributed by atoms with E-state index >= 15 is 0 Å². The number of hydrogen-bond donors (Lipinski definition) is 6. The fourth-order valence-corrected chi connectivity index (χ4v) is 11.3. The third kappa shape index (κ3) is 45.6. The number of nitrogens with one attached hydrogen (secondary N) is 1.